The van der Waals surface area contributed by atoms with E-state index in [9.17, 15) is 4.79 Å². The number of aromatic amines is 1. The summed E-state index contributed by atoms with van der Waals surface area (Å²) in [5, 5.41) is 10.0. The van der Waals surface area contributed by atoms with E-state index in [0.717, 1.165) is 10.9 Å². The molecule has 2 heterocycles. The maximum atomic E-state index is 12.5. The molecule has 1 aromatic heterocycles. The lowest BCUT2D eigenvalue weighted by molar-refractivity contribution is -0.0448. The van der Waals surface area contributed by atoms with Gasteiger partial charge in [0.15, 0.2) is 0 Å². The summed E-state index contributed by atoms with van der Waals surface area (Å²) in [6, 6.07) is 7.37. The number of rotatable bonds is 2. The van der Waals surface area contributed by atoms with Gasteiger partial charge in [0.25, 0.3) is 5.91 Å². The van der Waals surface area contributed by atoms with Crippen LogP contribution >= 0.6 is 0 Å². The Labute approximate surface area is 116 Å². The number of hydrogen-bond donors (Lipinski definition) is 3. The van der Waals surface area contributed by atoms with Gasteiger partial charge in [-0.2, -0.15) is 0 Å². The van der Waals surface area contributed by atoms with Gasteiger partial charge < -0.3 is 25.5 Å². The third-order valence-corrected chi connectivity index (χ3v) is 3.55. The van der Waals surface area contributed by atoms with Crippen LogP contribution in [-0.2, 0) is 4.74 Å². The maximum Gasteiger partial charge on any atom is 0.270 e. The van der Waals surface area contributed by atoms with Gasteiger partial charge in [-0.3, -0.25) is 4.79 Å². The number of fused-ring (bicyclic) bond motifs is 1. The van der Waals surface area contributed by atoms with E-state index >= 15 is 0 Å². The first-order valence-corrected chi connectivity index (χ1v) is 6.58. The normalized spacial score (nSPS) is 19.4. The monoisotopic (exact) mass is 275 g/mol. The van der Waals surface area contributed by atoms with E-state index in [1.165, 1.54) is 0 Å². The van der Waals surface area contributed by atoms with E-state index in [4.69, 9.17) is 15.6 Å². The molecule has 0 saturated carbocycles. The molecule has 20 heavy (non-hydrogen) atoms. The molecule has 4 N–H and O–H groups in total. The summed E-state index contributed by atoms with van der Waals surface area (Å²) in [4.78, 5) is 17.2. The number of nitrogens with one attached hydrogen (secondary N) is 1. The van der Waals surface area contributed by atoms with Gasteiger partial charge in [0.2, 0.25) is 0 Å². The highest BCUT2D eigenvalue weighted by molar-refractivity contribution is 6.00. The molecule has 1 fully saturated rings. The highest BCUT2D eigenvalue weighted by Gasteiger charge is 2.25. The minimum Gasteiger partial charge on any atom is -0.397 e. The molecule has 1 atom stereocenters. The molecule has 1 aromatic carbocycles. The molecule has 0 radical (unpaired) electrons. The Kier molecular flexibility index (Phi) is 3.33. The second-order valence-corrected chi connectivity index (χ2v) is 4.92. The van der Waals surface area contributed by atoms with Gasteiger partial charge in [-0.15, -0.1) is 0 Å². The Hall–Kier alpha value is -2.05. The number of anilines is 1. The fourth-order valence-electron chi connectivity index (χ4n) is 2.48. The Bertz CT molecular complexity index is 638. The van der Waals surface area contributed by atoms with Gasteiger partial charge in [-0.1, -0.05) is 12.1 Å². The highest BCUT2D eigenvalue weighted by Crippen LogP contribution is 2.22. The number of nitrogens with two attached hydrogens (primary N) is 1. The van der Waals surface area contributed by atoms with Crippen LogP contribution in [0.2, 0.25) is 0 Å². The molecule has 0 aliphatic carbocycles. The lowest BCUT2D eigenvalue weighted by atomic mass is 10.2. The zero-order chi connectivity index (χ0) is 14.1. The maximum absolute atomic E-state index is 12.5. The standard InChI is InChI=1S/C14H17N3O3/c15-11-3-1-2-9-6-12(16-13(9)11)14(19)17-4-5-20-10(7-17)8-18/h1-3,6,10,16,18H,4-5,7-8,15H2. The van der Waals surface area contributed by atoms with Crippen LogP contribution in [0, 0.1) is 0 Å². The Balaban J connectivity index is 1.86. The van der Waals surface area contributed by atoms with Gasteiger partial charge in [-0.25, -0.2) is 0 Å². The summed E-state index contributed by atoms with van der Waals surface area (Å²) in [6.07, 6.45) is -0.304. The molecular formula is C14H17N3O3. The summed E-state index contributed by atoms with van der Waals surface area (Å²) in [7, 11) is 0. The summed E-state index contributed by atoms with van der Waals surface area (Å²) >= 11 is 0. The van der Waals surface area contributed by atoms with E-state index in [1.54, 1.807) is 17.0 Å². The lowest BCUT2D eigenvalue weighted by Crippen LogP contribution is -2.47. The van der Waals surface area contributed by atoms with Gasteiger partial charge in [0, 0.05) is 18.5 Å². The number of benzene rings is 1. The smallest absolute Gasteiger partial charge is 0.270 e. The molecule has 3 rings (SSSR count). The van der Waals surface area contributed by atoms with Gasteiger partial charge in [0.1, 0.15) is 5.69 Å². The third-order valence-electron chi connectivity index (χ3n) is 3.55. The number of carbonyl (C=O) groups excluding carboxylic acids is 1. The molecule has 1 aliphatic heterocycles. The van der Waals surface area contributed by atoms with Crippen LogP contribution in [0.15, 0.2) is 24.3 Å². The van der Waals surface area contributed by atoms with E-state index in [1.807, 2.05) is 12.1 Å². The van der Waals surface area contributed by atoms with Crippen LogP contribution in [0.3, 0.4) is 0 Å². The number of aliphatic hydroxyl groups is 1. The average Bonchev–Trinajstić information content (AvgIpc) is 2.92. The Morgan fingerprint density at radius 1 is 1.55 bits per heavy atom. The quantitative estimate of drug-likeness (QED) is 0.699. The first-order valence-electron chi connectivity index (χ1n) is 6.58. The molecular weight excluding hydrogens is 258 g/mol. The van der Waals surface area contributed by atoms with Gasteiger partial charge >= 0.3 is 0 Å². The Morgan fingerprint density at radius 3 is 3.15 bits per heavy atom. The van der Waals surface area contributed by atoms with Crippen molar-refractivity contribution in [1.29, 1.82) is 0 Å². The molecule has 1 unspecified atom stereocenters. The van der Waals surface area contributed by atoms with Gasteiger partial charge in [0.05, 0.1) is 30.5 Å². The van der Waals surface area contributed by atoms with Crippen LogP contribution in [0.1, 0.15) is 10.5 Å². The predicted octanol–water partition coefficient (Wildman–Crippen LogP) is 0.583. The molecule has 1 amide bonds. The molecule has 106 valence electrons. The van der Waals surface area contributed by atoms with Crippen LogP contribution in [0.25, 0.3) is 10.9 Å². The van der Waals surface area contributed by atoms with Crippen molar-refractivity contribution < 1.29 is 14.6 Å². The highest BCUT2D eigenvalue weighted by atomic mass is 16.5. The van der Waals surface area contributed by atoms with Crippen LogP contribution < -0.4 is 5.73 Å². The topological polar surface area (TPSA) is 91.6 Å². The molecule has 0 spiro atoms. The summed E-state index contributed by atoms with van der Waals surface area (Å²) < 4.78 is 5.35. The van der Waals surface area contributed by atoms with E-state index in [0.29, 0.717) is 31.1 Å². The molecule has 2 aromatic rings. The predicted molar refractivity (Wildman–Crippen MR) is 75.4 cm³/mol. The lowest BCUT2D eigenvalue weighted by Gasteiger charge is -2.31. The molecule has 6 nitrogen and oxygen atoms in total. The van der Waals surface area contributed by atoms with Crippen molar-refractivity contribution in [1.82, 2.24) is 9.88 Å². The molecule has 6 heteroatoms. The number of H-pyrrole nitrogens is 1. The number of morpholine rings is 1. The second kappa shape index (κ2) is 5.15. The largest absolute Gasteiger partial charge is 0.397 e. The van der Waals surface area contributed by atoms with Crippen molar-refractivity contribution in [2.75, 3.05) is 32.0 Å². The van der Waals surface area contributed by atoms with E-state index in [2.05, 4.69) is 4.98 Å². The van der Waals surface area contributed by atoms with Crippen molar-refractivity contribution in [3.63, 3.8) is 0 Å². The fourth-order valence-corrected chi connectivity index (χ4v) is 2.48. The summed E-state index contributed by atoms with van der Waals surface area (Å²) in [5.74, 6) is -0.0950. The zero-order valence-corrected chi connectivity index (χ0v) is 11.0. The SMILES string of the molecule is Nc1cccc2cc(C(=O)N3CCOC(CO)C3)[nH]c12. The number of aliphatic hydroxyl groups excluding tert-OH is 1. The number of ether oxygens (including phenoxy) is 1. The average molecular weight is 275 g/mol. The first-order chi connectivity index (χ1) is 9.69. The fraction of sp³-hybridized carbons (Fsp3) is 0.357. The third kappa shape index (κ3) is 2.23. The zero-order valence-electron chi connectivity index (χ0n) is 11.0. The number of nitrogen functional groups attached to an aromatic ring is 1. The van der Waals surface area contributed by atoms with Crippen LogP contribution in [-0.4, -0.2) is 53.3 Å². The summed E-state index contributed by atoms with van der Waals surface area (Å²) in [6.45, 7) is 1.29. The first kappa shape index (κ1) is 13.0. The summed E-state index contributed by atoms with van der Waals surface area (Å²) in [5.41, 5.74) is 7.80. The van der Waals surface area contributed by atoms with Crippen molar-refractivity contribution >= 4 is 22.5 Å². The van der Waals surface area contributed by atoms with Gasteiger partial charge in [-0.05, 0) is 12.1 Å². The minimum atomic E-state index is -0.304. The molecule has 1 saturated heterocycles. The Morgan fingerprint density at radius 2 is 2.40 bits per heavy atom. The van der Waals surface area contributed by atoms with Crippen LogP contribution in [0.5, 0.6) is 0 Å². The number of nitrogens with zero attached hydrogens (tertiary/aromatic N) is 1. The molecule has 0 bridgehead atoms. The number of amides is 1. The van der Waals surface area contributed by atoms with Crippen molar-refractivity contribution in [2.24, 2.45) is 0 Å². The van der Waals surface area contributed by atoms with E-state index in [-0.39, 0.29) is 18.6 Å². The van der Waals surface area contributed by atoms with E-state index < -0.39 is 0 Å². The van der Waals surface area contributed by atoms with Crippen LogP contribution in [0.4, 0.5) is 5.69 Å². The van der Waals surface area contributed by atoms with Crippen molar-refractivity contribution in [3.05, 3.63) is 30.0 Å². The van der Waals surface area contributed by atoms with Crippen molar-refractivity contribution in [2.45, 2.75) is 6.10 Å². The number of aromatic nitrogens is 1. The van der Waals surface area contributed by atoms with Crippen molar-refractivity contribution in [3.8, 4) is 0 Å². The molecule has 1 aliphatic rings. The number of carbonyl (C=O) groups is 1. The number of hydrogen-bond acceptors (Lipinski definition) is 4. The number of para-hydroxylation sites is 1. The minimum absolute atomic E-state index is 0.0799. The second-order valence-electron chi connectivity index (χ2n) is 4.92.